The van der Waals surface area contributed by atoms with Crippen LogP contribution in [0.1, 0.15) is 31.9 Å². The smallest absolute Gasteiger partial charge is 0.335 e. The van der Waals surface area contributed by atoms with Crippen molar-refractivity contribution in [2.45, 2.75) is 39.5 Å². The van der Waals surface area contributed by atoms with Crippen LogP contribution in [0, 0.1) is 3.57 Å². The standard InChI is InChI=1S/C16H18INO3/c1-4-20-15(19)11-5-10-6-13(17)7-12-9-21-16(2,3)18(8-11)14(10)12/h6-8H,4-5,9H2,1-3H3. The summed E-state index contributed by atoms with van der Waals surface area (Å²) in [6.45, 7) is 6.85. The van der Waals surface area contributed by atoms with Gasteiger partial charge in [-0.2, -0.15) is 0 Å². The van der Waals surface area contributed by atoms with Crippen molar-refractivity contribution < 1.29 is 14.3 Å². The molecule has 0 radical (unpaired) electrons. The lowest BCUT2D eigenvalue weighted by Crippen LogP contribution is -2.48. The molecule has 0 atom stereocenters. The van der Waals surface area contributed by atoms with Crippen LogP contribution in [0.3, 0.4) is 0 Å². The molecule has 2 aliphatic heterocycles. The van der Waals surface area contributed by atoms with Crippen LogP contribution in [0.15, 0.2) is 23.9 Å². The Kier molecular flexibility index (Phi) is 3.73. The van der Waals surface area contributed by atoms with E-state index in [1.807, 2.05) is 27.0 Å². The fraction of sp³-hybridized carbons (Fsp3) is 0.438. The number of esters is 1. The van der Waals surface area contributed by atoms with Crippen LogP contribution in [0.25, 0.3) is 0 Å². The number of halogens is 1. The Morgan fingerprint density at radius 2 is 2.14 bits per heavy atom. The van der Waals surface area contributed by atoms with Gasteiger partial charge in [0, 0.05) is 21.8 Å². The van der Waals surface area contributed by atoms with Crippen LogP contribution in [0.5, 0.6) is 0 Å². The molecule has 0 aliphatic carbocycles. The van der Waals surface area contributed by atoms with Crippen LogP contribution in [0.4, 0.5) is 5.69 Å². The van der Waals surface area contributed by atoms with E-state index < -0.39 is 5.72 Å². The van der Waals surface area contributed by atoms with E-state index in [-0.39, 0.29) is 5.97 Å². The summed E-state index contributed by atoms with van der Waals surface area (Å²) in [4.78, 5) is 14.2. The Bertz CT molecular complexity index is 637. The van der Waals surface area contributed by atoms with Gasteiger partial charge >= 0.3 is 5.97 Å². The number of carbonyl (C=O) groups is 1. The summed E-state index contributed by atoms with van der Waals surface area (Å²) in [6.07, 6.45) is 2.50. The summed E-state index contributed by atoms with van der Waals surface area (Å²) >= 11 is 2.31. The number of benzene rings is 1. The molecule has 0 saturated heterocycles. The van der Waals surface area contributed by atoms with E-state index in [4.69, 9.17) is 9.47 Å². The third-order valence-corrected chi connectivity index (χ3v) is 4.46. The molecule has 3 rings (SSSR count). The maximum Gasteiger partial charge on any atom is 0.335 e. The van der Waals surface area contributed by atoms with E-state index in [1.54, 1.807) is 0 Å². The molecule has 0 amide bonds. The molecule has 0 bridgehead atoms. The van der Waals surface area contributed by atoms with E-state index in [2.05, 4.69) is 39.6 Å². The molecule has 112 valence electrons. The Hall–Kier alpha value is -1.08. The van der Waals surface area contributed by atoms with Gasteiger partial charge < -0.3 is 14.4 Å². The minimum absolute atomic E-state index is 0.245. The number of hydrogen-bond donors (Lipinski definition) is 0. The second-order valence-electron chi connectivity index (χ2n) is 5.73. The van der Waals surface area contributed by atoms with Crippen LogP contribution in [-0.2, 0) is 27.3 Å². The fourth-order valence-corrected chi connectivity index (χ4v) is 3.59. The first-order chi connectivity index (χ1) is 9.92. The first kappa shape index (κ1) is 14.8. The van der Waals surface area contributed by atoms with E-state index in [1.165, 1.54) is 16.8 Å². The van der Waals surface area contributed by atoms with Crippen molar-refractivity contribution in [3.8, 4) is 0 Å². The average Bonchev–Trinajstić information content (AvgIpc) is 2.42. The molecule has 5 heteroatoms. The lowest BCUT2D eigenvalue weighted by Gasteiger charge is -2.45. The topological polar surface area (TPSA) is 38.8 Å². The first-order valence-corrected chi connectivity index (χ1v) is 8.12. The molecule has 2 aliphatic rings. The van der Waals surface area contributed by atoms with Crippen molar-refractivity contribution in [3.05, 3.63) is 38.6 Å². The van der Waals surface area contributed by atoms with Gasteiger partial charge in [-0.05, 0) is 61.1 Å². The molecule has 2 heterocycles. The summed E-state index contributed by atoms with van der Waals surface area (Å²) in [6, 6.07) is 4.28. The SMILES string of the molecule is CCOC(=O)C1=CN2c3c(cc(I)cc3C1)COC2(C)C. The quantitative estimate of drug-likeness (QED) is 0.565. The molecular weight excluding hydrogens is 381 g/mol. The summed E-state index contributed by atoms with van der Waals surface area (Å²) in [7, 11) is 0. The zero-order chi connectivity index (χ0) is 15.2. The molecule has 4 nitrogen and oxygen atoms in total. The summed E-state index contributed by atoms with van der Waals surface area (Å²) in [5.74, 6) is -0.245. The second-order valence-corrected chi connectivity index (χ2v) is 6.98. The number of ether oxygens (including phenoxy) is 2. The van der Waals surface area contributed by atoms with Gasteiger partial charge in [0.25, 0.3) is 0 Å². The van der Waals surface area contributed by atoms with Gasteiger partial charge in [-0.25, -0.2) is 4.79 Å². The van der Waals surface area contributed by atoms with E-state index in [0.29, 0.717) is 25.2 Å². The van der Waals surface area contributed by atoms with Crippen LogP contribution in [-0.4, -0.2) is 18.3 Å². The highest BCUT2D eigenvalue weighted by molar-refractivity contribution is 14.1. The summed E-state index contributed by atoms with van der Waals surface area (Å²) in [5, 5.41) is 0. The van der Waals surface area contributed by atoms with Crippen LogP contribution >= 0.6 is 22.6 Å². The number of rotatable bonds is 2. The zero-order valence-electron chi connectivity index (χ0n) is 12.4. The molecule has 0 aromatic heterocycles. The van der Waals surface area contributed by atoms with Gasteiger partial charge in [0.2, 0.25) is 0 Å². The van der Waals surface area contributed by atoms with Crippen molar-refractivity contribution in [2.24, 2.45) is 0 Å². The Labute approximate surface area is 138 Å². The van der Waals surface area contributed by atoms with Crippen molar-refractivity contribution in [3.63, 3.8) is 0 Å². The van der Waals surface area contributed by atoms with Gasteiger partial charge in [-0.3, -0.25) is 0 Å². The Morgan fingerprint density at radius 1 is 1.43 bits per heavy atom. The number of hydrogen-bond acceptors (Lipinski definition) is 4. The average molecular weight is 399 g/mol. The molecule has 0 spiro atoms. The second kappa shape index (κ2) is 5.28. The fourth-order valence-electron chi connectivity index (χ4n) is 2.84. The van der Waals surface area contributed by atoms with Gasteiger partial charge in [-0.15, -0.1) is 0 Å². The van der Waals surface area contributed by atoms with E-state index in [9.17, 15) is 4.79 Å². The maximum absolute atomic E-state index is 12.1. The number of anilines is 1. The number of carbonyl (C=O) groups excluding carboxylic acids is 1. The van der Waals surface area contributed by atoms with Crippen molar-refractivity contribution in [1.82, 2.24) is 0 Å². The van der Waals surface area contributed by atoms with Crippen LogP contribution < -0.4 is 4.90 Å². The normalized spacial score (nSPS) is 18.9. The molecular formula is C16H18INO3. The van der Waals surface area contributed by atoms with E-state index >= 15 is 0 Å². The Balaban J connectivity index is 2.11. The third kappa shape index (κ3) is 2.57. The van der Waals surface area contributed by atoms with Crippen molar-refractivity contribution in [2.75, 3.05) is 11.5 Å². The number of nitrogens with zero attached hydrogens (tertiary/aromatic N) is 1. The molecule has 1 aromatic rings. The van der Waals surface area contributed by atoms with Gasteiger partial charge in [0.1, 0.15) is 5.72 Å². The lowest BCUT2D eigenvalue weighted by molar-refractivity contribution is -0.138. The molecule has 21 heavy (non-hydrogen) atoms. The minimum Gasteiger partial charge on any atom is -0.463 e. The first-order valence-electron chi connectivity index (χ1n) is 7.05. The van der Waals surface area contributed by atoms with Crippen molar-refractivity contribution >= 4 is 34.2 Å². The highest BCUT2D eigenvalue weighted by Gasteiger charge is 2.37. The minimum atomic E-state index is -0.466. The monoisotopic (exact) mass is 399 g/mol. The van der Waals surface area contributed by atoms with Crippen LogP contribution in [0.2, 0.25) is 0 Å². The zero-order valence-corrected chi connectivity index (χ0v) is 14.6. The molecule has 0 fully saturated rings. The maximum atomic E-state index is 12.1. The molecule has 0 N–H and O–H groups in total. The largest absolute Gasteiger partial charge is 0.463 e. The van der Waals surface area contributed by atoms with Gasteiger partial charge in [0.05, 0.1) is 24.5 Å². The third-order valence-electron chi connectivity index (χ3n) is 3.84. The van der Waals surface area contributed by atoms with Gasteiger partial charge in [0.15, 0.2) is 0 Å². The Morgan fingerprint density at radius 3 is 2.86 bits per heavy atom. The molecule has 1 aromatic carbocycles. The lowest BCUT2D eigenvalue weighted by atomic mass is 9.93. The summed E-state index contributed by atoms with van der Waals surface area (Å²) < 4.78 is 12.3. The van der Waals surface area contributed by atoms with Gasteiger partial charge in [-0.1, -0.05) is 0 Å². The van der Waals surface area contributed by atoms with Crippen molar-refractivity contribution in [1.29, 1.82) is 0 Å². The molecule has 0 unspecified atom stereocenters. The van der Waals surface area contributed by atoms with E-state index in [0.717, 1.165) is 3.57 Å². The predicted molar refractivity (Wildman–Crippen MR) is 88.9 cm³/mol. The summed E-state index contributed by atoms with van der Waals surface area (Å²) in [5.41, 5.74) is 3.73. The molecule has 0 saturated carbocycles. The predicted octanol–water partition coefficient (Wildman–Crippen LogP) is 3.37. The highest BCUT2D eigenvalue weighted by atomic mass is 127. The highest BCUT2D eigenvalue weighted by Crippen LogP contribution is 2.42.